The Morgan fingerprint density at radius 3 is 2.81 bits per heavy atom. The number of benzene rings is 1. The minimum atomic E-state index is -0.126. The van der Waals surface area contributed by atoms with Crippen molar-refractivity contribution in [1.29, 1.82) is 0 Å². The van der Waals surface area contributed by atoms with E-state index in [1.165, 1.54) is 0 Å². The normalized spacial score (nSPS) is 22.2. The number of likely N-dealkylation sites (tertiary alicyclic amines) is 1. The molecule has 2 atom stereocenters. The molecule has 1 fully saturated rings. The van der Waals surface area contributed by atoms with E-state index in [2.05, 4.69) is 12.2 Å². The molecule has 2 rings (SSSR count). The van der Waals surface area contributed by atoms with E-state index >= 15 is 0 Å². The molecule has 21 heavy (non-hydrogen) atoms. The third-order valence-corrected chi connectivity index (χ3v) is 4.84. The number of nitrogens with zero attached hydrogens (tertiary/aromatic N) is 1. The molecule has 1 saturated heterocycles. The summed E-state index contributed by atoms with van der Waals surface area (Å²) in [6, 6.07) is 5.04. The van der Waals surface area contributed by atoms with Gasteiger partial charge in [0, 0.05) is 24.8 Å². The SMILES string of the molecule is CCC1CCN(C(=O)Nc2ccc(Cl)c(Cl)c2)C(CN)C1. The van der Waals surface area contributed by atoms with Gasteiger partial charge in [-0.3, -0.25) is 0 Å². The third-order valence-electron chi connectivity index (χ3n) is 4.11. The van der Waals surface area contributed by atoms with Crippen LogP contribution < -0.4 is 11.1 Å². The molecule has 0 spiro atoms. The van der Waals surface area contributed by atoms with Crippen molar-refractivity contribution in [1.82, 2.24) is 4.90 Å². The number of rotatable bonds is 3. The van der Waals surface area contributed by atoms with Gasteiger partial charge in [0.05, 0.1) is 10.0 Å². The summed E-state index contributed by atoms with van der Waals surface area (Å²) in [6.45, 7) is 3.42. The number of hydrogen-bond donors (Lipinski definition) is 2. The standard InChI is InChI=1S/C15H21Cl2N3O/c1-2-10-5-6-20(12(7-10)9-18)15(21)19-11-3-4-13(16)14(17)8-11/h3-4,8,10,12H,2,5-7,9,18H2,1H3,(H,19,21). The number of urea groups is 1. The molecule has 6 heteroatoms. The number of piperidine rings is 1. The molecule has 1 heterocycles. The Labute approximate surface area is 135 Å². The minimum absolute atomic E-state index is 0.103. The van der Waals surface area contributed by atoms with Crippen molar-refractivity contribution in [3.8, 4) is 0 Å². The first kappa shape index (κ1) is 16.4. The van der Waals surface area contributed by atoms with E-state index in [-0.39, 0.29) is 12.1 Å². The van der Waals surface area contributed by atoms with E-state index in [1.807, 2.05) is 4.90 Å². The van der Waals surface area contributed by atoms with Crippen LogP contribution in [0.15, 0.2) is 18.2 Å². The molecule has 0 saturated carbocycles. The fourth-order valence-corrected chi connectivity index (χ4v) is 3.06. The number of hydrogen-bond acceptors (Lipinski definition) is 2. The zero-order valence-electron chi connectivity index (χ0n) is 12.1. The number of halogens is 2. The Kier molecular flexibility index (Phi) is 5.73. The number of nitrogens with one attached hydrogen (secondary N) is 1. The van der Waals surface area contributed by atoms with Crippen molar-refractivity contribution >= 4 is 34.9 Å². The third kappa shape index (κ3) is 4.02. The molecule has 0 aliphatic carbocycles. The van der Waals surface area contributed by atoms with Crippen molar-refractivity contribution in [2.24, 2.45) is 11.7 Å². The van der Waals surface area contributed by atoms with Crippen LogP contribution in [0.5, 0.6) is 0 Å². The maximum absolute atomic E-state index is 12.4. The monoisotopic (exact) mass is 329 g/mol. The summed E-state index contributed by atoms with van der Waals surface area (Å²) in [6.07, 6.45) is 3.14. The van der Waals surface area contributed by atoms with Gasteiger partial charge in [-0.15, -0.1) is 0 Å². The van der Waals surface area contributed by atoms with E-state index in [1.54, 1.807) is 18.2 Å². The zero-order valence-corrected chi connectivity index (χ0v) is 13.6. The largest absolute Gasteiger partial charge is 0.328 e. The topological polar surface area (TPSA) is 58.4 Å². The van der Waals surface area contributed by atoms with Crippen LogP contribution in [0.1, 0.15) is 26.2 Å². The van der Waals surface area contributed by atoms with Crippen LogP contribution in [0, 0.1) is 5.92 Å². The summed E-state index contributed by atoms with van der Waals surface area (Å²) >= 11 is 11.8. The van der Waals surface area contributed by atoms with Crippen LogP contribution in [0.25, 0.3) is 0 Å². The average Bonchev–Trinajstić information content (AvgIpc) is 2.50. The van der Waals surface area contributed by atoms with Gasteiger partial charge in [0.1, 0.15) is 0 Å². The van der Waals surface area contributed by atoms with E-state index < -0.39 is 0 Å². The smallest absolute Gasteiger partial charge is 0.322 e. The van der Waals surface area contributed by atoms with Crippen molar-refractivity contribution in [2.45, 2.75) is 32.2 Å². The zero-order chi connectivity index (χ0) is 15.4. The lowest BCUT2D eigenvalue weighted by atomic mass is 9.89. The Morgan fingerprint density at radius 2 is 2.19 bits per heavy atom. The van der Waals surface area contributed by atoms with Crippen molar-refractivity contribution in [3.63, 3.8) is 0 Å². The molecule has 1 aliphatic rings. The van der Waals surface area contributed by atoms with Gasteiger partial charge in [0.15, 0.2) is 0 Å². The molecule has 0 bridgehead atoms. The van der Waals surface area contributed by atoms with E-state index in [0.29, 0.717) is 28.2 Å². The summed E-state index contributed by atoms with van der Waals surface area (Å²) in [5, 5.41) is 3.76. The maximum atomic E-state index is 12.4. The lowest BCUT2D eigenvalue weighted by Crippen LogP contribution is -2.51. The van der Waals surface area contributed by atoms with Gasteiger partial charge in [0.2, 0.25) is 0 Å². The summed E-state index contributed by atoms with van der Waals surface area (Å²) in [7, 11) is 0. The molecule has 0 radical (unpaired) electrons. The first-order chi connectivity index (χ1) is 10.0. The highest BCUT2D eigenvalue weighted by Gasteiger charge is 2.30. The van der Waals surface area contributed by atoms with Crippen LogP contribution in [0.3, 0.4) is 0 Å². The molecule has 1 aliphatic heterocycles. The summed E-state index contributed by atoms with van der Waals surface area (Å²) in [5.41, 5.74) is 6.47. The van der Waals surface area contributed by atoms with Crippen molar-refractivity contribution in [2.75, 3.05) is 18.4 Å². The van der Waals surface area contributed by atoms with Crippen LogP contribution in [-0.4, -0.2) is 30.1 Å². The minimum Gasteiger partial charge on any atom is -0.328 e. The molecular weight excluding hydrogens is 309 g/mol. The average molecular weight is 330 g/mol. The van der Waals surface area contributed by atoms with Gasteiger partial charge in [0.25, 0.3) is 0 Å². The van der Waals surface area contributed by atoms with Gasteiger partial charge in [-0.25, -0.2) is 4.79 Å². The molecule has 2 amide bonds. The Morgan fingerprint density at radius 1 is 1.43 bits per heavy atom. The maximum Gasteiger partial charge on any atom is 0.322 e. The molecule has 1 aromatic carbocycles. The molecule has 2 unspecified atom stereocenters. The molecule has 116 valence electrons. The van der Waals surface area contributed by atoms with Crippen LogP contribution in [0.2, 0.25) is 10.0 Å². The van der Waals surface area contributed by atoms with E-state index in [0.717, 1.165) is 25.8 Å². The first-order valence-corrected chi connectivity index (χ1v) is 8.03. The molecular formula is C15H21Cl2N3O. The fourth-order valence-electron chi connectivity index (χ4n) is 2.76. The lowest BCUT2D eigenvalue weighted by Gasteiger charge is -2.38. The summed E-state index contributed by atoms with van der Waals surface area (Å²) in [5.74, 6) is 0.660. The van der Waals surface area contributed by atoms with Crippen LogP contribution in [0.4, 0.5) is 10.5 Å². The number of amides is 2. The van der Waals surface area contributed by atoms with Gasteiger partial charge < -0.3 is 16.0 Å². The molecule has 0 aromatic heterocycles. The van der Waals surface area contributed by atoms with Crippen LogP contribution in [-0.2, 0) is 0 Å². The highest BCUT2D eigenvalue weighted by atomic mass is 35.5. The van der Waals surface area contributed by atoms with Gasteiger partial charge in [-0.05, 0) is 37.0 Å². The number of anilines is 1. The highest BCUT2D eigenvalue weighted by Crippen LogP contribution is 2.27. The second-order valence-corrected chi connectivity index (χ2v) is 6.26. The van der Waals surface area contributed by atoms with Crippen molar-refractivity contribution in [3.05, 3.63) is 28.2 Å². The van der Waals surface area contributed by atoms with Gasteiger partial charge >= 0.3 is 6.03 Å². The van der Waals surface area contributed by atoms with E-state index in [4.69, 9.17) is 28.9 Å². The van der Waals surface area contributed by atoms with Gasteiger partial charge in [-0.2, -0.15) is 0 Å². The second-order valence-electron chi connectivity index (χ2n) is 5.44. The van der Waals surface area contributed by atoms with Gasteiger partial charge in [-0.1, -0.05) is 36.5 Å². The number of carbonyl (C=O) groups is 1. The number of nitrogens with two attached hydrogens (primary N) is 1. The molecule has 1 aromatic rings. The lowest BCUT2D eigenvalue weighted by molar-refractivity contribution is 0.138. The number of carbonyl (C=O) groups excluding carboxylic acids is 1. The quantitative estimate of drug-likeness (QED) is 0.881. The predicted octanol–water partition coefficient (Wildman–Crippen LogP) is 3.97. The first-order valence-electron chi connectivity index (χ1n) is 7.27. The summed E-state index contributed by atoms with van der Waals surface area (Å²) < 4.78 is 0. The van der Waals surface area contributed by atoms with Crippen LogP contribution >= 0.6 is 23.2 Å². The predicted molar refractivity (Wildman–Crippen MR) is 88.0 cm³/mol. The molecule has 3 N–H and O–H groups in total. The summed E-state index contributed by atoms with van der Waals surface area (Å²) in [4.78, 5) is 14.2. The van der Waals surface area contributed by atoms with Crippen molar-refractivity contribution < 1.29 is 4.79 Å². The van der Waals surface area contributed by atoms with E-state index in [9.17, 15) is 4.79 Å². The Balaban J connectivity index is 2.03. The molecule has 4 nitrogen and oxygen atoms in total. The second kappa shape index (κ2) is 7.34. The Bertz CT molecular complexity index is 510. The highest BCUT2D eigenvalue weighted by molar-refractivity contribution is 6.42. The Hall–Kier alpha value is -0.970. The fraction of sp³-hybridized carbons (Fsp3) is 0.533.